The summed E-state index contributed by atoms with van der Waals surface area (Å²) < 4.78 is 2.43. The van der Waals surface area contributed by atoms with Crippen LogP contribution >= 0.6 is 31.9 Å². The summed E-state index contributed by atoms with van der Waals surface area (Å²) >= 11 is 7.35. The van der Waals surface area contributed by atoms with Crippen LogP contribution in [-0.4, -0.2) is 0 Å². The highest BCUT2D eigenvalue weighted by molar-refractivity contribution is 9.13. The van der Waals surface area contributed by atoms with Crippen LogP contribution in [0.3, 0.4) is 0 Å². The maximum atomic E-state index is 3.68. The quantitative estimate of drug-likeness (QED) is 0.496. The molecule has 3 rings (SSSR count). The molecule has 0 saturated heterocycles. The summed E-state index contributed by atoms with van der Waals surface area (Å²) in [6, 6.07) is 4.75. The van der Waals surface area contributed by atoms with Crippen LogP contribution in [0, 0.1) is 5.92 Å². The molecule has 0 N–H and O–H groups in total. The molecule has 1 aromatic rings. The Morgan fingerprint density at radius 2 is 1.67 bits per heavy atom. The van der Waals surface area contributed by atoms with Gasteiger partial charge in [0, 0.05) is 8.95 Å². The lowest BCUT2D eigenvalue weighted by Gasteiger charge is -2.21. The van der Waals surface area contributed by atoms with Gasteiger partial charge in [0.2, 0.25) is 0 Å². The van der Waals surface area contributed by atoms with Gasteiger partial charge in [0.1, 0.15) is 0 Å². The Balaban J connectivity index is 2.07. The van der Waals surface area contributed by atoms with E-state index < -0.39 is 0 Å². The topological polar surface area (TPSA) is 0 Å². The standard InChI is InChI=1S/C16H20Br2/c1-10-3-2-4-11-5-6-12(7-11)14-9-16(18)15(17)8-13(10)14/h8-12H,2-7H2,1H3. The molecule has 1 saturated carbocycles. The molecule has 2 heteroatoms. The molecule has 3 unspecified atom stereocenters. The molecule has 2 aliphatic rings. The molecule has 2 bridgehead atoms. The summed E-state index contributed by atoms with van der Waals surface area (Å²) in [5.41, 5.74) is 3.22. The van der Waals surface area contributed by atoms with E-state index in [1.54, 1.807) is 11.1 Å². The second-order valence-electron chi connectivity index (χ2n) is 6.10. The molecule has 1 fully saturated rings. The molecule has 0 nitrogen and oxygen atoms in total. The predicted molar refractivity (Wildman–Crippen MR) is 84.2 cm³/mol. The molecule has 2 aliphatic carbocycles. The lowest BCUT2D eigenvalue weighted by molar-refractivity contribution is 0.462. The molecule has 18 heavy (non-hydrogen) atoms. The monoisotopic (exact) mass is 370 g/mol. The number of hydrogen-bond acceptors (Lipinski definition) is 0. The first-order valence-electron chi connectivity index (χ1n) is 7.14. The zero-order valence-electron chi connectivity index (χ0n) is 10.9. The molecule has 98 valence electrons. The summed E-state index contributed by atoms with van der Waals surface area (Å²) in [6.07, 6.45) is 8.49. The van der Waals surface area contributed by atoms with Gasteiger partial charge in [-0.3, -0.25) is 0 Å². The smallest absolute Gasteiger partial charge is 0.0320 e. The van der Waals surface area contributed by atoms with Gasteiger partial charge in [-0.2, -0.15) is 0 Å². The first-order valence-corrected chi connectivity index (χ1v) is 8.72. The fourth-order valence-electron chi connectivity index (χ4n) is 3.85. The largest absolute Gasteiger partial charge is 0.0584 e. The Morgan fingerprint density at radius 1 is 0.944 bits per heavy atom. The van der Waals surface area contributed by atoms with Crippen molar-refractivity contribution >= 4 is 31.9 Å². The number of benzene rings is 1. The zero-order valence-corrected chi connectivity index (χ0v) is 14.1. The number of halogens is 2. The van der Waals surface area contributed by atoms with Gasteiger partial charge in [-0.15, -0.1) is 0 Å². The fourth-order valence-corrected chi connectivity index (χ4v) is 4.57. The van der Waals surface area contributed by atoms with E-state index in [2.05, 4.69) is 50.9 Å². The Labute approximate surface area is 127 Å². The summed E-state index contributed by atoms with van der Waals surface area (Å²) in [4.78, 5) is 0. The lowest BCUT2D eigenvalue weighted by Crippen LogP contribution is -2.03. The van der Waals surface area contributed by atoms with Crippen molar-refractivity contribution in [3.8, 4) is 0 Å². The van der Waals surface area contributed by atoms with E-state index >= 15 is 0 Å². The average molecular weight is 372 g/mol. The Hall–Kier alpha value is 0.180. The van der Waals surface area contributed by atoms with Crippen molar-refractivity contribution < 1.29 is 0 Å². The molecule has 0 aromatic heterocycles. The summed E-state index contributed by atoms with van der Waals surface area (Å²) in [5.74, 6) is 2.52. The van der Waals surface area contributed by atoms with E-state index in [9.17, 15) is 0 Å². The Bertz CT molecular complexity index is 453. The first-order chi connectivity index (χ1) is 8.65. The molecule has 0 amide bonds. The molecule has 0 heterocycles. The van der Waals surface area contributed by atoms with Crippen molar-refractivity contribution in [3.05, 3.63) is 32.2 Å². The third kappa shape index (κ3) is 2.43. The lowest BCUT2D eigenvalue weighted by atomic mass is 9.86. The highest BCUT2D eigenvalue weighted by Gasteiger charge is 2.30. The average Bonchev–Trinajstić information content (AvgIpc) is 2.81. The first kappa shape index (κ1) is 13.2. The predicted octanol–water partition coefficient (Wildman–Crippen LogP) is 6.38. The summed E-state index contributed by atoms with van der Waals surface area (Å²) in [7, 11) is 0. The minimum Gasteiger partial charge on any atom is -0.0584 e. The molecule has 0 spiro atoms. The van der Waals surface area contributed by atoms with Gasteiger partial charge in [0.05, 0.1) is 0 Å². The maximum absolute atomic E-state index is 3.68. The van der Waals surface area contributed by atoms with E-state index in [0.29, 0.717) is 5.92 Å². The van der Waals surface area contributed by atoms with Crippen LogP contribution < -0.4 is 0 Å². The van der Waals surface area contributed by atoms with Crippen molar-refractivity contribution in [2.45, 2.75) is 57.3 Å². The van der Waals surface area contributed by atoms with Crippen LogP contribution in [0.5, 0.6) is 0 Å². The van der Waals surface area contributed by atoms with E-state index in [1.807, 2.05) is 0 Å². The second kappa shape index (κ2) is 5.28. The van der Waals surface area contributed by atoms with Crippen molar-refractivity contribution in [1.29, 1.82) is 0 Å². The molecule has 0 aliphatic heterocycles. The van der Waals surface area contributed by atoms with Crippen molar-refractivity contribution in [2.75, 3.05) is 0 Å². The van der Waals surface area contributed by atoms with E-state index in [0.717, 1.165) is 11.8 Å². The normalized spacial score (nSPS) is 31.4. The zero-order chi connectivity index (χ0) is 12.7. The van der Waals surface area contributed by atoms with Crippen molar-refractivity contribution in [2.24, 2.45) is 5.92 Å². The van der Waals surface area contributed by atoms with Gasteiger partial charge in [-0.05, 0) is 98.6 Å². The summed E-state index contributed by atoms with van der Waals surface area (Å²) in [5, 5.41) is 0. The maximum Gasteiger partial charge on any atom is 0.0320 e. The summed E-state index contributed by atoms with van der Waals surface area (Å²) in [6.45, 7) is 2.40. The van der Waals surface area contributed by atoms with Crippen molar-refractivity contribution in [1.82, 2.24) is 0 Å². The van der Waals surface area contributed by atoms with E-state index in [4.69, 9.17) is 0 Å². The third-order valence-corrected chi connectivity index (χ3v) is 6.73. The van der Waals surface area contributed by atoms with Crippen LogP contribution in [0.2, 0.25) is 0 Å². The van der Waals surface area contributed by atoms with Crippen LogP contribution in [0.15, 0.2) is 21.1 Å². The Kier molecular flexibility index (Phi) is 3.87. The third-order valence-electron chi connectivity index (χ3n) is 4.89. The Morgan fingerprint density at radius 3 is 2.44 bits per heavy atom. The molecular weight excluding hydrogens is 352 g/mol. The van der Waals surface area contributed by atoms with Gasteiger partial charge in [0.25, 0.3) is 0 Å². The molecule has 3 atom stereocenters. The fraction of sp³-hybridized carbons (Fsp3) is 0.625. The molecule has 0 radical (unpaired) electrons. The van der Waals surface area contributed by atoms with Crippen LogP contribution in [0.4, 0.5) is 0 Å². The highest BCUT2D eigenvalue weighted by Crippen LogP contribution is 2.46. The SMILES string of the molecule is CC1CCCC2CCC(C2)c2cc(Br)c(Br)cc21. The van der Waals surface area contributed by atoms with Crippen LogP contribution in [0.25, 0.3) is 0 Å². The number of hydrogen-bond donors (Lipinski definition) is 0. The van der Waals surface area contributed by atoms with Crippen molar-refractivity contribution in [3.63, 3.8) is 0 Å². The van der Waals surface area contributed by atoms with E-state index in [-0.39, 0.29) is 0 Å². The second-order valence-corrected chi connectivity index (χ2v) is 7.81. The van der Waals surface area contributed by atoms with Gasteiger partial charge in [0.15, 0.2) is 0 Å². The van der Waals surface area contributed by atoms with E-state index in [1.165, 1.54) is 47.5 Å². The molecule has 1 aromatic carbocycles. The number of rotatable bonds is 0. The van der Waals surface area contributed by atoms with Crippen LogP contribution in [0.1, 0.15) is 68.4 Å². The molecular formula is C16H20Br2. The highest BCUT2D eigenvalue weighted by atomic mass is 79.9. The number of fused-ring (bicyclic) bond motifs is 4. The van der Waals surface area contributed by atoms with Crippen LogP contribution in [-0.2, 0) is 0 Å². The minimum atomic E-state index is 0.712. The van der Waals surface area contributed by atoms with Gasteiger partial charge < -0.3 is 0 Å². The van der Waals surface area contributed by atoms with Gasteiger partial charge >= 0.3 is 0 Å². The van der Waals surface area contributed by atoms with Gasteiger partial charge in [-0.1, -0.05) is 19.8 Å². The minimum absolute atomic E-state index is 0.712. The van der Waals surface area contributed by atoms with Gasteiger partial charge in [-0.25, -0.2) is 0 Å².